The Morgan fingerprint density at radius 1 is 1.32 bits per heavy atom. The van der Waals surface area contributed by atoms with Gasteiger partial charge >= 0.3 is 0 Å². The molecule has 1 aromatic heterocycles. The molecule has 2 atom stereocenters. The Hall–Kier alpha value is -0.833. The van der Waals surface area contributed by atoms with Crippen molar-refractivity contribution in [1.82, 2.24) is 4.98 Å². The third kappa shape index (κ3) is 4.58. The maximum atomic E-state index is 13.1. The van der Waals surface area contributed by atoms with Crippen LogP contribution < -0.4 is 5.14 Å². The minimum Gasteiger partial charge on any atom is -0.407 e. The fraction of sp³-hybridized carbons (Fsp3) is 0.643. The fourth-order valence-electron chi connectivity index (χ4n) is 1.62. The SMILES string of the molecule is C[C@@H]([C@H](O[Si](C)(C)C(C)(C)C)c1ccc(F)cn1)S(N)(=O)=O. The molecule has 0 unspecified atom stereocenters. The van der Waals surface area contributed by atoms with Crippen LogP contribution in [0, 0.1) is 5.82 Å². The van der Waals surface area contributed by atoms with E-state index < -0.39 is 35.5 Å². The molecule has 5 nitrogen and oxygen atoms in total. The average molecular weight is 349 g/mol. The van der Waals surface area contributed by atoms with Crippen molar-refractivity contribution in [3.63, 3.8) is 0 Å². The zero-order valence-corrected chi connectivity index (χ0v) is 15.7. The molecule has 1 heterocycles. The van der Waals surface area contributed by atoms with E-state index in [2.05, 4.69) is 25.8 Å². The van der Waals surface area contributed by atoms with Gasteiger partial charge < -0.3 is 4.43 Å². The number of nitrogens with two attached hydrogens (primary N) is 1. The number of aromatic nitrogens is 1. The predicted octanol–water partition coefficient (Wildman–Crippen LogP) is 2.96. The van der Waals surface area contributed by atoms with E-state index in [0.717, 1.165) is 6.20 Å². The van der Waals surface area contributed by atoms with Gasteiger partial charge in [-0.15, -0.1) is 0 Å². The largest absolute Gasteiger partial charge is 0.407 e. The normalized spacial score (nSPS) is 16.4. The molecule has 0 spiro atoms. The second-order valence-electron chi connectivity index (χ2n) is 6.99. The predicted molar refractivity (Wildman–Crippen MR) is 87.8 cm³/mol. The number of primary sulfonamides is 1. The van der Waals surface area contributed by atoms with Gasteiger partial charge in [0.15, 0.2) is 8.32 Å². The van der Waals surface area contributed by atoms with Gasteiger partial charge in [-0.25, -0.2) is 17.9 Å². The van der Waals surface area contributed by atoms with Crippen LogP contribution in [0.2, 0.25) is 18.1 Å². The smallest absolute Gasteiger partial charge is 0.214 e. The van der Waals surface area contributed by atoms with Crippen LogP contribution >= 0.6 is 0 Å². The molecule has 1 aromatic rings. The van der Waals surface area contributed by atoms with E-state index in [-0.39, 0.29) is 5.04 Å². The molecule has 8 heteroatoms. The van der Waals surface area contributed by atoms with Crippen LogP contribution in [0.1, 0.15) is 39.5 Å². The minimum atomic E-state index is -3.81. The quantitative estimate of drug-likeness (QED) is 0.829. The second-order valence-corrected chi connectivity index (χ2v) is 13.7. The summed E-state index contributed by atoms with van der Waals surface area (Å²) in [6.45, 7) is 11.7. The third-order valence-corrected chi connectivity index (χ3v) is 9.95. The highest BCUT2D eigenvalue weighted by atomic mass is 32.2. The molecule has 2 N–H and O–H groups in total. The first kappa shape index (κ1) is 19.2. The standard InChI is InChI=1S/C14H25FN2O3SSi/c1-10(21(16,18)19)13(12-8-7-11(15)9-17-12)20-22(5,6)14(2,3)4/h7-10,13H,1-6H3,(H2,16,18,19)/t10-,13-/m0/s1. The zero-order valence-electron chi connectivity index (χ0n) is 13.9. The number of halogens is 1. The number of pyridine rings is 1. The van der Waals surface area contributed by atoms with Gasteiger partial charge in [0.2, 0.25) is 10.0 Å². The van der Waals surface area contributed by atoms with E-state index in [4.69, 9.17) is 9.56 Å². The number of sulfonamides is 1. The molecular weight excluding hydrogens is 323 g/mol. The summed E-state index contributed by atoms with van der Waals surface area (Å²) in [4.78, 5) is 3.98. The molecule has 0 saturated carbocycles. The van der Waals surface area contributed by atoms with Crippen LogP contribution in [0.25, 0.3) is 0 Å². The van der Waals surface area contributed by atoms with Crippen LogP contribution in [0.5, 0.6) is 0 Å². The number of hydrogen-bond donors (Lipinski definition) is 1. The van der Waals surface area contributed by atoms with Gasteiger partial charge in [-0.2, -0.15) is 0 Å². The fourth-order valence-corrected chi connectivity index (χ4v) is 3.57. The Labute approximate surface area is 133 Å². The third-order valence-electron chi connectivity index (χ3n) is 4.21. The van der Waals surface area contributed by atoms with Crippen molar-refractivity contribution in [2.24, 2.45) is 5.14 Å². The molecule has 0 radical (unpaired) electrons. The van der Waals surface area contributed by atoms with Gasteiger partial charge in [-0.3, -0.25) is 4.98 Å². The first-order chi connectivity index (χ1) is 9.75. The van der Waals surface area contributed by atoms with Gasteiger partial charge in [0.25, 0.3) is 0 Å². The lowest BCUT2D eigenvalue weighted by molar-refractivity contribution is 0.177. The maximum absolute atomic E-state index is 13.1. The maximum Gasteiger partial charge on any atom is 0.214 e. The monoisotopic (exact) mass is 348 g/mol. The lowest BCUT2D eigenvalue weighted by Gasteiger charge is -2.40. The lowest BCUT2D eigenvalue weighted by atomic mass is 10.2. The van der Waals surface area contributed by atoms with E-state index >= 15 is 0 Å². The van der Waals surface area contributed by atoms with Crippen LogP contribution in [0.4, 0.5) is 4.39 Å². The first-order valence-electron chi connectivity index (χ1n) is 7.06. The molecule has 126 valence electrons. The van der Waals surface area contributed by atoms with Crippen molar-refractivity contribution in [3.05, 3.63) is 29.8 Å². The Bertz CT molecular complexity index is 612. The van der Waals surface area contributed by atoms with Gasteiger partial charge in [-0.1, -0.05) is 20.8 Å². The molecule has 0 aliphatic carbocycles. The van der Waals surface area contributed by atoms with Gasteiger partial charge in [-0.05, 0) is 37.2 Å². The van der Waals surface area contributed by atoms with Gasteiger partial charge in [0.1, 0.15) is 17.2 Å². The van der Waals surface area contributed by atoms with Crippen LogP contribution in [-0.2, 0) is 14.4 Å². The Balaban J connectivity index is 3.27. The highest BCUT2D eigenvalue weighted by Crippen LogP contribution is 2.40. The molecule has 1 rings (SSSR count). The van der Waals surface area contributed by atoms with Crippen LogP contribution in [0.15, 0.2) is 18.3 Å². The highest BCUT2D eigenvalue weighted by molar-refractivity contribution is 7.89. The molecule has 0 amide bonds. The van der Waals surface area contributed by atoms with Crippen LogP contribution in [-0.4, -0.2) is 27.0 Å². The van der Waals surface area contributed by atoms with E-state index in [9.17, 15) is 12.8 Å². The van der Waals surface area contributed by atoms with Crippen molar-refractivity contribution in [1.29, 1.82) is 0 Å². The summed E-state index contributed by atoms with van der Waals surface area (Å²) in [5, 5.41) is 4.20. The summed E-state index contributed by atoms with van der Waals surface area (Å²) in [6, 6.07) is 2.68. The lowest BCUT2D eigenvalue weighted by Crippen LogP contribution is -2.45. The van der Waals surface area contributed by atoms with Crippen molar-refractivity contribution in [2.45, 2.75) is 57.2 Å². The van der Waals surface area contributed by atoms with Crippen molar-refractivity contribution < 1.29 is 17.2 Å². The van der Waals surface area contributed by atoms with Crippen LogP contribution in [0.3, 0.4) is 0 Å². The zero-order chi connectivity index (χ0) is 17.3. The van der Waals surface area contributed by atoms with E-state index in [0.29, 0.717) is 5.69 Å². The number of rotatable bonds is 5. The Kier molecular flexibility index (Phi) is 5.54. The number of hydrogen-bond acceptors (Lipinski definition) is 4. The van der Waals surface area contributed by atoms with Gasteiger partial charge in [0, 0.05) is 0 Å². The van der Waals surface area contributed by atoms with Crippen molar-refractivity contribution in [2.75, 3.05) is 0 Å². The molecule has 0 bridgehead atoms. The summed E-state index contributed by atoms with van der Waals surface area (Å²) in [6.07, 6.45) is 0.226. The Morgan fingerprint density at radius 3 is 2.23 bits per heavy atom. The summed E-state index contributed by atoms with van der Waals surface area (Å²) in [7, 11) is -6.07. The highest BCUT2D eigenvalue weighted by Gasteiger charge is 2.42. The summed E-state index contributed by atoms with van der Waals surface area (Å²) < 4.78 is 42.8. The summed E-state index contributed by atoms with van der Waals surface area (Å²) in [5.74, 6) is -0.488. The van der Waals surface area contributed by atoms with E-state index in [1.54, 1.807) is 0 Å². The molecule has 22 heavy (non-hydrogen) atoms. The van der Waals surface area contributed by atoms with E-state index in [1.165, 1.54) is 19.1 Å². The van der Waals surface area contributed by atoms with Crippen molar-refractivity contribution in [3.8, 4) is 0 Å². The summed E-state index contributed by atoms with van der Waals surface area (Å²) >= 11 is 0. The molecule has 0 aliphatic rings. The molecule has 0 saturated heterocycles. The topological polar surface area (TPSA) is 82.3 Å². The minimum absolute atomic E-state index is 0.108. The van der Waals surface area contributed by atoms with Gasteiger partial charge in [0.05, 0.1) is 11.9 Å². The molecular formula is C14H25FN2O3SSi. The first-order valence-corrected chi connectivity index (χ1v) is 11.6. The molecule has 0 fully saturated rings. The van der Waals surface area contributed by atoms with E-state index in [1.807, 2.05) is 13.1 Å². The number of nitrogens with zero attached hydrogens (tertiary/aromatic N) is 1. The summed E-state index contributed by atoms with van der Waals surface area (Å²) in [5.41, 5.74) is 0.368. The average Bonchev–Trinajstić information content (AvgIpc) is 2.34. The Morgan fingerprint density at radius 2 is 1.86 bits per heavy atom. The molecule has 0 aliphatic heterocycles. The second kappa shape index (κ2) is 6.35. The molecule has 0 aromatic carbocycles. The van der Waals surface area contributed by atoms with Crippen molar-refractivity contribution >= 4 is 18.3 Å².